The number of nitro groups is 1. The first kappa shape index (κ1) is 22.8. The molecule has 0 radical (unpaired) electrons. The molecule has 164 valence electrons. The van der Waals surface area contributed by atoms with Crippen molar-refractivity contribution in [2.45, 2.75) is 6.61 Å². The van der Waals surface area contributed by atoms with Gasteiger partial charge in [0.1, 0.15) is 12.4 Å². The highest BCUT2D eigenvalue weighted by atomic mass is 79.9. The van der Waals surface area contributed by atoms with Crippen molar-refractivity contribution < 1.29 is 24.3 Å². The molecule has 0 heterocycles. The summed E-state index contributed by atoms with van der Waals surface area (Å²) in [6, 6.07) is 15.7. The van der Waals surface area contributed by atoms with Gasteiger partial charge in [-0.3, -0.25) is 14.9 Å². The number of nitrogens with one attached hydrogen (secondary N) is 1. The van der Waals surface area contributed by atoms with Crippen LogP contribution in [0, 0.1) is 10.1 Å². The molecule has 0 aliphatic heterocycles. The fraction of sp³-hybridized carbons (Fsp3) is 0.0909. The van der Waals surface area contributed by atoms with Gasteiger partial charge in [-0.2, -0.15) is 5.10 Å². The van der Waals surface area contributed by atoms with Crippen LogP contribution in [0.5, 0.6) is 17.2 Å². The van der Waals surface area contributed by atoms with Crippen molar-refractivity contribution in [3.05, 3.63) is 91.9 Å². The minimum Gasteiger partial charge on any atom is -0.504 e. The summed E-state index contributed by atoms with van der Waals surface area (Å²) in [4.78, 5) is 22.9. The molecule has 3 aromatic carbocycles. The minimum atomic E-state index is -0.553. The molecule has 10 heteroatoms. The zero-order valence-corrected chi connectivity index (χ0v) is 18.4. The number of benzene rings is 3. The van der Waals surface area contributed by atoms with Gasteiger partial charge in [0.15, 0.2) is 11.5 Å². The van der Waals surface area contributed by atoms with Gasteiger partial charge in [0.05, 0.1) is 18.2 Å². The van der Waals surface area contributed by atoms with E-state index in [1.54, 1.807) is 0 Å². The number of methoxy groups -OCH3 is 1. The summed E-state index contributed by atoms with van der Waals surface area (Å²) in [5.74, 6) is -0.147. The number of ether oxygens (including phenoxy) is 2. The van der Waals surface area contributed by atoms with E-state index >= 15 is 0 Å². The number of amides is 1. The summed E-state index contributed by atoms with van der Waals surface area (Å²) < 4.78 is 11.7. The third kappa shape index (κ3) is 5.82. The number of nitro benzene ring substituents is 1. The van der Waals surface area contributed by atoms with Gasteiger partial charge in [0, 0.05) is 27.7 Å². The highest BCUT2D eigenvalue weighted by molar-refractivity contribution is 9.10. The quantitative estimate of drug-likeness (QED) is 0.268. The zero-order chi connectivity index (χ0) is 23.1. The van der Waals surface area contributed by atoms with Crippen molar-refractivity contribution in [1.29, 1.82) is 0 Å². The van der Waals surface area contributed by atoms with Gasteiger partial charge >= 0.3 is 0 Å². The lowest BCUT2D eigenvalue weighted by atomic mass is 10.2. The Morgan fingerprint density at radius 2 is 1.91 bits per heavy atom. The van der Waals surface area contributed by atoms with Crippen molar-refractivity contribution in [3.63, 3.8) is 0 Å². The fourth-order valence-corrected chi connectivity index (χ4v) is 2.93. The summed E-state index contributed by atoms with van der Waals surface area (Å²) >= 11 is 3.37. The van der Waals surface area contributed by atoms with Crippen LogP contribution in [0.1, 0.15) is 21.5 Å². The van der Waals surface area contributed by atoms with Crippen LogP contribution in [0.3, 0.4) is 0 Å². The molecule has 0 saturated carbocycles. The molecule has 0 fully saturated rings. The van der Waals surface area contributed by atoms with E-state index in [1.165, 1.54) is 49.7 Å². The molecule has 0 bridgehead atoms. The number of rotatable bonds is 8. The molecule has 0 unspecified atom stereocenters. The maximum absolute atomic E-state index is 12.3. The minimum absolute atomic E-state index is 0.100. The molecule has 2 N–H and O–H groups in total. The number of halogens is 1. The monoisotopic (exact) mass is 499 g/mol. The van der Waals surface area contributed by atoms with E-state index in [9.17, 15) is 20.0 Å². The number of phenols is 1. The van der Waals surface area contributed by atoms with Crippen LogP contribution in [-0.4, -0.2) is 29.3 Å². The number of carbonyl (C=O) groups is 1. The molecule has 0 aliphatic carbocycles. The largest absolute Gasteiger partial charge is 0.504 e. The number of hydrogen-bond acceptors (Lipinski definition) is 7. The van der Waals surface area contributed by atoms with E-state index in [1.807, 2.05) is 24.3 Å². The number of hydrogen-bond donors (Lipinski definition) is 2. The number of phenolic OH excluding ortho intramolecular Hbond substituents is 1. The van der Waals surface area contributed by atoms with E-state index in [-0.39, 0.29) is 29.4 Å². The molecule has 32 heavy (non-hydrogen) atoms. The Morgan fingerprint density at radius 3 is 2.59 bits per heavy atom. The molecule has 0 aliphatic rings. The second kappa shape index (κ2) is 10.4. The average molecular weight is 500 g/mol. The third-order valence-electron chi connectivity index (χ3n) is 4.32. The van der Waals surface area contributed by atoms with Gasteiger partial charge < -0.3 is 14.6 Å². The number of nitrogens with zero attached hydrogens (tertiary/aromatic N) is 2. The normalized spacial score (nSPS) is 10.7. The van der Waals surface area contributed by atoms with E-state index in [2.05, 4.69) is 26.5 Å². The Bertz CT molecular complexity index is 1160. The van der Waals surface area contributed by atoms with Crippen LogP contribution in [0.15, 0.2) is 70.2 Å². The average Bonchev–Trinajstić information content (AvgIpc) is 2.79. The van der Waals surface area contributed by atoms with Crippen molar-refractivity contribution >= 4 is 33.7 Å². The van der Waals surface area contributed by atoms with Gasteiger partial charge in [-0.25, -0.2) is 5.43 Å². The molecule has 0 atom stereocenters. The predicted molar refractivity (Wildman–Crippen MR) is 121 cm³/mol. The Hall–Kier alpha value is -3.92. The van der Waals surface area contributed by atoms with Crippen molar-refractivity contribution in [2.24, 2.45) is 5.10 Å². The van der Waals surface area contributed by atoms with Crippen LogP contribution >= 0.6 is 15.9 Å². The summed E-state index contributed by atoms with van der Waals surface area (Å²) in [5.41, 5.74) is 3.63. The summed E-state index contributed by atoms with van der Waals surface area (Å²) in [7, 11) is 1.37. The van der Waals surface area contributed by atoms with Crippen molar-refractivity contribution in [1.82, 2.24) is 5.43 Å². The number of non-ortho nitro benzene ring substituents is 1. The van der Waals surface area contributed by atoms with Crippen LogP contribution in [0.4, 0.5) is 5.69 Å². The lowest BCUT2D eigenvalue weighted by molar-refractivity contribution is -0.384. The fourth-order valence-electron chi connectivity index (χ4n) is 2.67. The molecule has 0 spiro atoms. The van der Waals surface area contributed by atoms with Gasteiger partial charge in [0.2, 0.25) is 0 Å². The predicted octanol–water partition coefficient (Wildman–Crippen LogP) is 4.41. The Morgan fingerprint density at radius 1 is 1.16 bits per heavy atom. The van der Waals surface area contributed by atoms with Gasteiger partial charge in [-0.1, -0.05) is 28.1 Å². The van der Waals surface area contributed by atoms with Crippen LogP contribution in [0.25, 0.3) is 0 Å². The van der Waals surface area contributed by atoms with Crippen molar-refractivity contribution in [3.8, 4) is 17.2 Å². The van der Waals surface area contributed by atoms with E-state index < -0.39 is 10.8 Å². The van der Waals surface area contributed by atoms with E-state index in [0.717, 1.165) is 10.0 Å². The lowest BCUT2D eigenvalue weighted by Gasteiger charge is -2.09. The molecule has 0 saturated heterocycles. The van der Waals surface area contributed by atoms with Gasteiger partial charge in [-0.05, 0) is 42.0 Å². The van der Waals surface area contributed by atoms with Crippen molar-refractivity contribution in [2.75, 3.05) is 7.11 Å². The SMILES string of the molecule is COc1cc(C(=O)N/N=C\c2cc([N+](=O)[O-])ccc2OCc2ccc(Br)cc2)ccc1O. The Balaban J connectivity index is 1.76. The van der Waals surface area contributed by atoms with Crippen LogP contribution in [-0.2, 0) is 6.61 Å². The Kier molecular flexibility index (Phi) is 7.40. The number of carbonyl (C=O) groups excluding carboxylic acids is 1. The first-order valence-electron chi connectivity index (χ1n) is 9.23. The molecule has 1 amide bonds. The molecule has 9 nitrogen and oxygen atoms in total. The molecule has 3 rings (SSSR count). The van der Waals surface area contributed by atoms with E-state index in [4.69, 9.17) is 9.47 Å². The first-order chi connectivity index (χ1) is 15.4. The highest BCUT2D eigenvalue weighted by Gasteiger charge is 2.12. The third-order valence-corrected chi connectivity index (χ3v) is 4.85. The summed E-state index contributed by atoms with van der Waals surface area (Å²) in [5, 5.41) is 24.7. The highest BCUT2D eigenvalue weighted by Crippen LogP contribution is 2.26. The van der Waals surface area contributed by atoms with Crippen LogP contribution in [0.2, 0.25) is 0 Å². The smallest absolute Gasteiger partial charge is 0.271 e. The second-order valence-corrected chi connectivity index (χ2v) is 7.40. The first-order valence-corrected chi connectivity index (χ1v) is 10.0. The standard InChI is InChI=1S/C22H18BrN3O6/c1-31-21-11-15(4-8-19(21)27)22(28)25-24-12-16-10-18(26(29)30)7-9-20(16)32-13-14-2-5-17(23)6-3-14/h2-12,27H,13H2,1H3,(H,25,28)/b24-12-. The zero-order valence-electron chi connectivity index (χ0n) is 16.8. The molecular formula is C22H18BrN3O6. The van der Waals surface area contributed by atoms with E-state index in [0.29, 0.717) is 11.3 Å². The van der Waals surface area contributed by atoms with Gasteiger partial charge in [0.25, 0.3) is 11.6 Å². The maximum atomic E-state index is 12.3. The maximum Gasteiger partial charge on any atom is 0.271 e. The number of aromatic hydroxyl groups is 1. The molecular weight excluding hydrogens is 482 g/mol. The van der Waals surface area contributed by atoms with Gasteiger partial charge in [-0.15, -0.1) is 0 Å². The topological polar surface area (TPSA) is 123 Å². The van der Waals surface area contributed by atoms with Crippen LogP contribution < -0.4 is 14.9 Å². The second-order valence-electron chi connectivity index (χ2n) is 6.48. The Labute approximate surface area is 191 Å². The summed E-state index contributed by atoms with van der Waals surface area (Å²) in [6.07, 6.45) is 1.26. The molecule has 0 aromatic heterocycles. The molecule has 3 aromatic rings. The summed E-state index contributed by atoms with van der Waals surface area (Å²) in [6.45, 7) is 0.242. The lowest BCUT2D eigenvalue weighted by Crippen LogP contribution is -2.17. The number of hydrazone groups is 1.